The smallest absolute Gasteiger partial charge is 0.201 e. The van der Waals surface area contributed by atoms with E-state index in [1.165, 1.54) is 5.56 Å². The van der Waals surface area contributed by atoms with Crippen LogP contribution in [0.25, 0.3) is 11.0 Å². The molecule has 0 amide bonds. The summed E-state index contributed by atoms with van der Waals surface area (Å²) >= 11 is 5.15. The highest BCUT2D eigenvalue weighted by Crippen LogP contribution is 2.29. The SMILES string of the molecule is CC(c1ccsc1)n1c(N)nc2cc(Br)ccc21. The molecule has 5 heteroatoms. The minimum Gasteiger partial charge on any atom is -0.369 e. The first-order valence-electron chi connectivity index (χ1n) is 5.62. The number of fused-ring (bicyclic) bond motifs is 1. The fraction of sp³-hybridized carbons (Fsp3) is 0.154. The Morgan fingerprint density at radius 2 is 2.22 bits per heavy atom. The summed E-state index contributed by atoms with van der Waals surface area (Å²) < 4.78 is 3.09. The van der Waals surface area contributed by atoms with E-state index >= 15 is 0 Å². The van der Waals surface area contributed by atoms with Crippen LogP contribution in [0.2, 0.25) is 0 Å². The molecule has 2 heterocycles. The van der Waals surface area contributed by atoms with Gasteiger partial charge in [-0.15, -0.1) is 0 Å². The molecule has 0 saturated heterocycles. The van der Waals surface area contributed by atoms with Gasteiger partial charge in [-0.2, -0.15) is 11.3 Å². The van der Waals surface area contributed by atoms with Gasteiger partial charge < -0.3 is 10.3 Å². The van der Waals surface area contributed by atoms with E-state index in [0.717, 1.165) is 15.5 Å². The molecule has 1 aromatic carbocycles. The van der Waals surface area contributed by atoms with Crippen molar-refractivity contribution in [1.82, 2.24) is 9.55 Å². The Bertz CT molecular complexity index is 688. The van der Waals surface area contributed by atoms with Crippen molar-refractivity contribution < 1.29 is 0 Å². The fourth-order valence-electron chi connectivity index (χ4n) is 2.16. The molecule has 0 saturated carbocycles. The number of rotatable bonds is 2. The van der Waals surface area contributed by atoms with Crippen LogP contribution < -0.4 is 5.73 Å². The van der Waals surface area contributed by atoms with E-state index in [2.05, 4.69) is 49.2 Å². The standard InChI is InChI=1S/C13H12BrN3S/c1-8(9-4-5-18-7-9)17-12-3-2-10(14)6-11(12)16-13(17)15/h2-8H,1H3,(H2,15,16). The van der Waals surface area contributed by atoms with Gasteiger partial charge in [0.05, 0.1) is 17.1 Å². The molecule has 18 heavy (non-hydrogen) atoms. The summed E-state index contributed by atoms with van der Waals surface area (Å²) in [5.74, 6) is 0.557. The number of hydrogen-bond donors (Lipinski definition) is 1. The molecule has 92 valence electrons. The van der Waals surface area contributed by atoms with Crippen molar-refractivity contribution in [1.29, 1.82) is 0 Å². The van der Waals surface area contributed by atoms with Crippen LogP contribution >= 0.6 is 27.3 Å². The summed E-state index contributed by atoms with van der Waals surface area (Å²) in [6, 6.07) is 8.37. The zero-order valence-electron chi connectivity index (χ0n) is 9.80. The average Bonchev–Trinajstić information content (AvgIpc) is 2.94. The van der Waals surface area contributed by atoms with Gasteiger partial charge in [-0.1, -0.05) is 15.9 Å². The largest absolute Gasteiger partial charge is 0.369 e. The molecule has 2 aromatic heterocycles. The molecule has 0 aliphatic heterocycles. The molecule has 0 bridgehead atoms. The summed E-state index contributed by atoms with van der Waals surface area (Å²) in [5, 5.41) is 4.23. The number of nitrogen functional groups attached to an aromatic ring is 1. The number of aromatic nitrogens is 2. The third-order valence-corrected chi connectivity index (χ3v) is 4.29. The van der Waals surface area contributed by atoms with Gasteiger partial charge >= 0.3 is 0 Å². The number of anilines is 1. The number of thiophene rings is 1. The van der Waals surface area contributed by atoms with Gasteiger partial charge in [-0.05, 0) is 47.5 Å². The van der Waals surface area contributed by atoms with Gasteiger partial charge in [-0.25, -0.2) is 4.98 Å². The topological polar surface area (TPSA) is 43.8 Å². The number of nitrogens with zero attached hydrogens (tertiary/aromatic N) is 2. The van der Waals surface area contributed by atoms with Crippen molar-refractivity contribution >= 4 is 44.2 Å². The van der Waals surface area contributed by atoms with Crippen molar-refractivity contribution in [2.24, 2.45) is 0 Å². The van der Waals surface area contributed by atoms with Gasteiger partial charge in [-0.3, -0.25) is 0 Å². The molecule has 1 unspecified atom stereocenters. The lowest BCUT2D eigenvalue weighted by Gasteiger charge is -2.14. The first-order chi connectivity index (χ1) is 8.66. The highest BCUT2D eigenvalue weighted by molar-refractivity contribution is 9.10. The third-order valence-electron chi connectivity index (χ3n) is 3.09. The van der Waals surface area contributed by atoms with E-state index in [1.54, 1.807) is 11.3 Å². The number of nitrogens with two attached hydrogens (primary N) is 1. The van der Waals surface area contributed by atoms with Crippen molar-refractivity contribution in [2.45, 2.75) is 13.0 Å². The molecular formula is C13H12BrN3S. The van der Waals surface area contributed by atoms with E-state index in [9.17, 15) is 0 Å². The van der Waals surface area contributed by atoms with Crippen LogP contribution in [0.5, 0.6) is 0 Å². The molecule has 3 aromatic rings. The van der Waals surface area contributed by atoms with E-state index in [1.807, 2.05) is 18.2 Å². The lowest BCUT2D eigenvalue weighted by Crippen LogP contribution is -2.09. The van der Waals surface area contributed by atoms with Crippen LogP contribution in [0, 0.1) is 0 Å². The second-order valence-corrected chi connectivity index (χ2v) is 5.90. The van der Waals surface area contributed by atoms with Crippen LogP contribution in [-0.2, 0) is 0 Å². The minimum absolute atomic E-state index is 0.197. The van der Waals surface area contributed by atoms with Crippen LogP contribution in [0.15, 0.2) is 39.5 Å². The normalized spacial score (nSPS) is 13.0. The predicted molar refractivity (Wildman–Crippen MR) is 80.0 cm³/mol. The third kappa shape index (κ3) is 1.83. The van der Waals surface area contributed by atoms with E-state index in [-0.39, 0.29) is 6.04 Å². The van der Waals surface area contributed by atoms with Crippen LogP contribution in [0.1, 0.15) is 18.5 Å². The number of benzene rings is 1. The predicted octanol–water partition coefficient (Wildman–Crippen LogP) is 4.05. The molecule has 0 aliphatic carbocycles. The maximum Gasteiger partial charge on any atom is 0.201 e. The molecule has 0 spiro atoms. The molecule has 0 fully saturated rings. The van der Waals surface area contributed by atoms with Gasteiger partial charge in [0, 0.05) is 4.47 Å². The summed E-state index contributed by atoms with van der Waals surface area (Å²) in [7, 11) is 0. The maximum atomic E-state index is 6.05. The van der Waals surface area contributed by atoms with Gasteiger partial charge in [0.1, 0.15) is 0 Å². The monoisotopic (exact) mass is 321 g/mol. The van der Waals surface area contributed by atoms with Gasteiger partial charge in [0.25, 0.3) is 0 Å². The fourth-order valence-corrected chi connectivity index (χ4v) is 3.26. The summed E-state index contributed by atoms with van der Waals surface area (Å²) in [6.45, 7) is 2.14. The van der Waals surface area contributed by atoms with Crippen molar-refractivity contribution in [3.8, 4) is 0 Å². The Morgan fingerprint density at radius 3 is 2.94 bits per heavy atom. The highest BCUT2D eigenvalue weighted by Gasteiger charge is 2.15. The molecule has 0 aliphatic rings. The van der Waals surface area contributed by atoms with E-state index in [4.69, 9.17) is 5.73 Å². The Kier molecular flexibility index (Phi) is 2.87. The van der Waals surface area contributed by atoms with Crippen LogP contribution in [-0.4, -0.2) is 9.55 Å². The molecule has 1 atom stereocenters. The zero-order chi connectivity index (χ0) is 12.7. The molecule has 3 rings (SSSR count). The summed E-state index contributed by atoms with van der Waals surface area (Å²) in [5.41, 5.74) is 9.29. The molecule has 2 N–H and O–H groups in total. The second-order valence-electron chi connectivity index (χ2n) is 4.21. The van der Waals surface area contributed by atoms with Crippen molar-refractivity contribution in [3.63, 3.8) is 0 Å². The summed E-state index contributed by atoms with van der Waals surface area (Å²) in [4.78, 5) is 4.42. The maximum absolute atomic E-state index is 6.05. The van der Waals surface area contributed by atoms with Crippen LogP contribution in [0.3, 0.4) is 0 Å². The number of imidazole rings is 1. The van der Waals surface area contributed by atoms with E-state index in [0.29, 0.717) is 5.95 Å². The molecule has 0 radical (unpaired) electrons. The van der Waals surface area contributed by atoms with E-state index < -0.39 is 0 Å². The number of hydrogen-bond acceptors (Lipinski definition) is 3. The van der Waals surface area contributed by atoms with Crippen LogP contribution in [0.4, 0.5) is 5.95 Å². The van der Waals surface area contributed by atoms with Crippen molar-refractivity contribution in [2.75, 3.05) is 5.73 Å². The first-order valence-corrected chi connectivity index (χ1v) is 7.35. The van der Waals surface area contributed by atoms with Gasteiger partial charge in [0.15, 0.2) is 0 Å². The minimum atomic E-state index is 0.197. The highest BCUT2D eigenvalue weighted by atomic mass is 79.9. The summed E-state index contributed by atoms with van der Waals surface area (Å²) in [6.07, 6.45) is 0. The lowest BCUT2D eigenvalue weighted by atomic mass is 10.2. The lowest BCUT2D eigenvalue weighted by molar-refractivity contribution is 0.670. The zero-order valence-corrected chi connectivity index (χ0v) is 12.2. The number of halogens is 1. The Balaban J connectivity index is 2.19. The second kappa shape index (κ2) is 4.40. The molecular weight excluding hydrogens is 310 g/mol. The molecule has 3 nitrogen and oxygen atoms in total. The quantitative estimate of drug-likeness (QED) is 0.773. The Morgan fingerprint density at radius 1 is 1.39 bits per heavy atom. The Hall–Kier alpha value is -1.33. The van der Waals surface area contributed by atoms with Gasteiger partial charge in [0.2, 0.25) is 5.95 Å². The average molecular weight is 322 g/mol. The first kappa shape index (κ1) is 11.7. The Labute approximate surface area is 117 Å². The van der Waals surface area contributed by atoms with Crippen molar-refractivity contribution in [3.05, 3.63) is 45.1 Å².